The number of methoxy groups -OCH3 is 2. The number of aliphatic hydroxyl groups is 1. The first kappa shape index (κ1) is 18.4. The van der Waals surface area contributed by atoms with Crippen LogP contribution in [0.4, 0.5) is 0 Å². The van der Waals surface area contributed by atoms with Crippen molar-refractivity contribution in [2.45, 2.75) is 38.2 Å². The first-order valence-electron chi connectivity index (χ1n) is 8.55. The molecule has 0 spiro atoms. The fourth-order valence-corrected chi connectivity index (χ4v) is 2.67. The molecule has 0 aromatic heterocycles. The van der Waals surface area contributed by atoms with Crippen LogP contribution < -0.4 is 20.1 Å². The van der Waals surface area contributed by atoms with Gasteiger partial charge in [0.15, 0.2) is 17.5 Å². The summed E-state index contributed by atoms with van der Waals surface area (Å²) in [5, 5.41) is 16.7. The minimum Gasteiger partial charge on any atom is -0.493 e. The molecule has 0 heterocycles. The zero-order chi connectivity index (χ0) is 17.4. The summed E-state index contributed by atoms with van der Waals surface area (Å²) in [6.07, 6.45) is 3.63. The maximum absolute atomic E-state index is 10.1. The molecule has 3 N–H and O–H groups in total. The van der Waals surface area contributed by atoms with Crippen LogP contribution in [0.3, 0.4) is 0 Å². The van der Waals surface area contributed by atoms with Gasteiger partial charge in [0.2, 0.25) is 0 Å². The predicted octanol–water partition coefficient (Wildman–Crippen LogP) is 1.72. The summed E-state index contributed by atoms with van der Waals surface area (Å²) in [5.41, 5.74) is 0.569. The third-order valence-corrected chi connectivity index (χ3v) is 4.31. The van der Waals surface area contributed by atoms with Gasteiger partial charge in [0.25, 0.3) is 0 Å². The Balaban J connectivity index is 1.86. The van der Waals surface area contributed by atoms with Crippen molar-refractivity contribution in [3.05, 3.63) is 23.8 Å². The SMILES string of the molecule is CCNC(=NCC1(O)CCC1)NCCc1ccc(OC)c(OC)c1. The van der Waals surface area contributed by atoms with Crippen LogP contribution in [0.1, 0.15) is 31.7 Å². The molecule has 1 fully saturated rings. The van der Waals surface area contributed by atoms with Crippen LogP contribution in [0.2, 0.25) is 0 Å². The second-order valence-corrected chi connectivity index (χ2v) is 6.14. The minimum atomic E-state index is -0.592. The molecule has 1 aromatic carbocycles. The largest absolute Gasteiger partial charge is 0.493 e. The molecule has 0 bridgehead atoms. The average Bonchev–Trinajstić information content (AvgIpc) is 2.57. The smallest absolute Gasteiger partial charge is 0.191 e. The van der Waals surface area contributed by atoms with Crippen molar-refractivity contribution in [3.63, 3.8) is 0 Å². The highest BCUT2D eigenvalue weighted by molar-refractivity contribution is 5.79. The summed E-state index contributed by atoms with van der Waals surface area (Å²) < 4.78 is 10.6. The Morgan fingerprint density at radius 2 is 1.96 bits per heavy atom. The van der Waals surface area contributed by atoms with Crippen molar-refractivity contribution in [2.24, 2.45) is 4.99 Å². The number of rotatable bonds is 8. The summed E-state index contributed by atoms with van der Waals surface area (Å²) in [6.45, 7) is 4.03. The standard InChI is InChI=1S/C18H29N3O3/c1-4-19-17(21-13-18(22)9-5-10-18)20-11-8-14-6-7-15(23-2)16(12-14)24-3/h6-7,12,22H,4-5,8-11,13H2,1-3H3,(H2,19,20,21). The minimum absolute atomic E-state index is 0.457. The van der Waals surface area contributed by atoms with E-state index in [0.717, 1.165) is 61.8 Å². The van der Waals surface area contributed by atoms with E-state index in [1.165, 1.54) is 0 Å². The van der Waals surface area contributed by atoms with Gasteiger partial charge in [-0.05, 0) is 50.3 Å². The van der Waals surface area contributed by atoms with E-state index in [2.05, 4.69) is 15.6 Å². The van der Waals surface area contributed by atoms with Gasteiger partial charge in [-0.3, -0.25) is 4.99 Å². The summed E-state index contributed by atoms with van der Waals surface area (Å²) in [5.74, 6) is 2.22. The van der Waals surface area contributed by atoms with Gasteiger partial charge in [-0.15, -0.1) is 0 Å². The second-order valence-electron chi connectivity index (χ2n) is 6.14. The number of guanidine groups is 1. The predicted molar refractivity (Wildman–Crippen MR) is 96.0 cm³/mol. The van der Waals surface area contributed by atoms with Crippen LogP contribution in [0, 0.1) is 0 Å². The molecule has 24 heavy (non-hydrogen) atoms. The average molecular weight is 335 g/mol. The molecule has 0 radical (unpaired) electrons. The molecule has 1 aliphatic carbocycles. The maximum atomic E-state index is 10.1. The van der Waals surface area contributed by atoms with E-state index in [1.54, 1.807) is 14.2 Å². The number of hydrogen-bond acceptors (Lipinski definition) is 4. The van der Waals surface area contributed by atoms with Gasteiger partial charge in [0.05, 0.1) is 26.4 Å². The molecular formula is C18H29N3O3. The number of nitrogens with one attached hydrogen (secondary N) is 2. The van der Waals surface area contributed by atoms with Gasteiger partial charge >= 0.3 is 0 Å². The molecule has 1 saturated carbocycles. The first-order valence-corrected chi connectivity index (χ1v) is 8.55. The van der Waals surface area contributed by atoms with Crippen molar-refractivity contribution in [2.75, 3.05) is 33.9 Å². The molecule has 0 unspecified atom stereocenters. The summed E-state index contributed by atoms with van der Waals surface area (Å²) >= 11 is 0. The lowest BCUT2D eigenvalue weighted by Crippen LogP contribution is -2.43. The third kappa shape index (κ3) is 5.03. The van der Waals surface area contributed by atoms with Gasteiger partial charge in [-0.25, -0.2) is 0 Å². The Bertz CT molecular complexity index is 556. The Hall–Kier alpha value is -1.95. The molecule has 0 atom stereocenters. The normalized spacial score (nSPS) is 16.2. The molecule has 2 rings (SSSR count). The van der Waals surface area contributed by atoms with Crippen LogP contribution in [0.25, 0.3) is 0 Å². The number of ether oxygens (including phenoxy) is 2. The summed E-state index contributed by atoms with van der Waals surface area (Å²) in [4.78, 5) is 4.50. The molecule has 6 heteroatoms. The van der Waals surface area contributed by atoms with E-state index >= 15 is 0 Å². The van der Waals surface area contributed by atoms with Gasteiger partial charge < -0.3 is 25.2 Å². The van der Waals surface area contributed by atoms with Crippen molar-refractivity contribution >= 4 is 5.96 Å². The molecule has 0 amide bonds. The van der Waals surface area contributed by atoms with Gasteiger partial charge in [-0.1, -0.05) is 6.07 Å². The number of nitrogens with zero attached hydrogens (tertiary/aromatic N) is 1. The highest BCUT2D eigenvalue weighted by Gasteiger charge is 2.34. The maximum Gasteiger partial charge on any atom is 0.191 e. The highest BCUT2D eigenvalue weighted by atomic mass is 16.5. The summed E-state index contributed by atoms with van der Waals surface area (Å²) in [7, 11) is 3.27. The molecule has 0 saturated heterocycles. The second kappa shape index (κ2) is 8.78. The third-order valence-electron chi connectivity index (χ3n) is 4.31. The lowest BCUT2D eigenvalue weighted by atomic mass is 9.80. The molecule has 6 nitrogen and oxygen atoms in total. The molecule has 0 aliphatic heterocycles. The summed E-state index contributed by atoms with van der Waals surface area (Å²) in [6, 6.07) is 5.94. The number of benzene rings is 1. The van der Waals surface area contributed by atoms with E-state index in [9.17, 15) is 5.11 Å². The Labute approximate surface area is 144 Å². The lowest BCUT2D eigenvalue weighted by molar-refractivity contribution is -0.0236. The quantitative estimate of drug-likeness (QED) is 0.498. The lowest BCUT2D eigenvalue weighted by Gasteiger charge is -2.35. The first-order chi connectivity index (χ1) is 11.6. The number of hydrogen-bond donors (Lipinski definition) is 3. The van der Waals surface area contributed by atoms with Crippen molar-refractivity contribution < 1.29 is 14.6 Å². The molecule has 134 valence electrons. The molecular weight excluding hydrogens is 306 g/mol. The van der Waals surface area contributed by atoms with E-state index in [4.69, 9.17) is 9.47 Å². The van der Waals surface area contributed by atoms with Crippen LogP contribution in [0.5, 0.6) is 11.5 Å². The van der Waals surface area contributed by atoms with Crippen molar-refractivity contribution in [1.29, 1.82) is 0 Å². The van der Waals surface area contributed by atoms with Crippen LogP contribution in [-0.4, -0.2) is 50.5 Å². The fraction of sp³-hybridized carbons (Fsp3) is 0.611. The Morgan fingerprint density at radius 1 is 1.21 bits per heavy atom. The monoisotopic (exact) mass is 335 g/mol. The van der Waals surface area contributed by atoms with Gasteiger partial charge in [0.1, 0.15) is 0 Å². The van der Waals surface area contributed by atoms with Gasteiger partial charge in [0, 0.05) is 13.1 Å². The van der Waals surface area contributed by atoms with E-state index in [1.807, 2.05) is 25.1 Å². The van der Waals surface area contributed by atoms with E-state index in [-0.39, 0.29) is 0 Å². The van der Waals surface area contributed by atoms with Crippen molar-refractivity contribution in [1.82, 2.24) is 10.6 Å². The zero-order valence-electron chi connectivity index (χ0n) is 14.9. The Morgan fingerprint density at radius 3 is 2.54 bits per heavy atom. The van der Waals surface area contributed by atoms with Crippen LogP contribution in [0.15, 0.2) is 23.2 Å². The topological polar surface area (TPSA) is 75.1 Å². The van der Waals surface area contributed by atoms with Crippen LogP contribution in [-0.2, 0) is 6.42 Å². The van der Waals surface area contributed by atoms with Crippen LogP contribution >= 0.6 is 0 Å². The highest BCUT2D eigenvalue weighted by Crippen LogP contribution is 2.31. The number of aliphatic imine (C=N–C) groups is 1. The van der Waals surface area contributed by atoms with Crippen molar-refractivity contribution in [3.8, 4) is 11.5 Å². The molecule has 1 aromatic rings. The Kier molecular flexibility index (Phi) is 6.73. The van der Waals surface area contributed by atoms with Gasteiger partial charge in [-0.2, -0.15) is 0 Å². The van der Waals surface area contributed by atoms with E-state index < -0.39 is 5.60 Å². The zero-order valence-corrected chi connectivity index (χ0v) is 14.9. The fourth-order valence-electron chi connectivity index (χ4n) is 2.67. The van der Waals surface area contributed by atoms with E-state index in [0.29, 0.717) is 6.54 Å². The molecule has 1 aliphatic rings.